The fraction of sp³-hybridized carbons (Fsp3) is 1.00. The third kappa shape index (κ3) is 1.98. The molecule has 0 amide bonds. The molecular weight excluding hydrogens is 178 g/mol. The maximum atomic E-state index is 9.51. The second-order valence-electron chi connectivity index (χ2n) is 3.02. The summed E-state index contributed by atoms with van der Waals surface area (Å²) >= 11 is 0. The summed E-state index contributed by atoms with van der Waals surface area (Å²) in [7, 11) is 1.38. The molecular formula is C7H15NO5. The molecule has 5 atom stereocenters. The lowest BCUT2D eigenvalue weighted by Gasteiger charge is -2.39. The molecule has 1 aliphatic heterocycles. The molecule has 0 aromatic rings. The van der Waals surface area contributed by atoms with Gasteiger partial charge < -0.3 is 30.5 Å². The number of ether oxygens (including phenoxy) is 2. The summed E-state index contributed by atoms with van der Waals surface area (Å²) in [5.74, 6) is 0. The lowest BCUT2D eigenvalue weighted by atomic mass is 9.98. The van der Waals surface area contributed by atoms with Gasteiger partial charge in [0.05, 0.1) is 12.6 Å². The van der Waals surface area contributed by atoms with Crippen LogP contribution in [-0.4, -0.2) is 59.7 Å². The van der Waals surface area contributed by atoms with E-state index in [9.17, 15) is 10.2 Å². The minimum Gasteiger partial charge on any atom is -0.394 e. The van der Waals surface area contributed by atoms with Crippen molar-refractivity contribution in [2.45, 2.75) is 30.6 Å². The SMILES string of the molecule is COC1C(CO)OC(O)[C@@H](N)[C@@H]1O. The van der Waals surface area contributed by atoms with Crippen molar-refractivity contribution in [3.8, 4) is 0 Å². The summed E-state index contributed by atoms with van der Waals surface area (Å²) in [5.41, 5.74) is 5.42. The van der Waals surface area contributed by atoms with Crippen LogP contribution in [0, 0.1) is 0 Å². The molecule has 6 heteroatoms. The van der Waals surface area contributed by atoms with Gasteiger partial charge in [0, 0.05) is 7.11 Å². The van der Waals surface area contributed by atoms with Gasteiger partial charge in [-0.2, -0.15) is 0 Å². The first-order chi connectivity index (χ1) is 6.11. The lowest BCUT2D eigenvalue weighted by Crippen LogP contribution is -2.62. The molecule has 0 radical (unpaired) electrons. The summed E-state index contributed by atoms with van der Waals surface area (Å²) in [6.45, 7) is -0.334. The van der Waals surface area contributed by atoms with Crippen LogP contribution in [0.25, 0.3) is 0 Å². The Balaban J connectivity index is 2.69. The van der Waals surface area contributed by atoms with Gasteiger partial charge in [0.15, 0.2) is 6.29 Å². The highest BCUT2D eigenvalue weighted by molar-refractivity contribution is 4.91. The Kier molecular flexibility index (Phi) is 3.60. The molecule has 0 spiro atoms. The van der Waals surface area contributed by atoms with E-state index in [1.54, 1.807) is 0 Å². The molecule has 13 heavy (non-hydrogen) atoms. The molecule has 0 saturated carbocycles. The topological polar surface area (TPSA) is 105 Å². The van der Waals surface area contributed by atoms with Crippen molar-refractivity contribution in [3.05, 3.63) is 0 Å². The number of methoxy groups -OCH3 is 1. The summed E-state index contributed by atoms with van der Waals surface area (Å²) in [6, 6.07) is -0.909. The van der Waals surface area contributed by atoms with Crippen LogP contribution >= 0.6 is 0 Å². The third-order valence-corrected chi connectivity index (χ3v) is 2.19. The van der Waals surface area contributed by atoms with Crippen LogP contribution in [0.1, 0.15) is 0 Å². The van der Waals surface area contributed by atoms with Crippen molar-refractivity contribution in [2.24, 2.45) is 5.73 Å². The zero-order valence-electron chi connectivity index (χ0n) is 7.33. The monoisotopic (exact) mass is 193 g/mol. The molecule has 78 valence electrons. The fourth-order valence-corrected chi connectivity index (χ4v) is 1.39. The number of aliphatic hydroxyl groups is 3. The first-order valence-corrected chi connectivity index (χ1v) is 4.02. The molecule has 5 N–H and O–H groups in total. The number of rotatable bonds is 2. The molecule has 1 saturated heterocycles. The average molecular weight is 193 g/mol. The summed E-state index contributed by atoms with van der Waals surface area (Å²) in [5, 5.41) is 27.5. The average Bonchev–Trinajstić information content (AvgIpc) is 2.13. The lowest BCUT2D eigenvalue weighted by molar-refractivity contribution is -0.254. The largest absolute Gasteiger partial charge is 0.394 e. The van der Waals surface area contributed by atoms with Crippen molar-refractivity contribution in [2.75, 3.05) is 13.7 Å². The van der Waals surface area contributed by atoms with Gasteiger partial charge in [-0.1, -0.05) is 0 Å². The zero-order valence-corrected chi connectivity index (χ0v) is 7.33. The number of nitrogens with two attached hydrogens (primary N) is 1. The molecule has 0 aromatic heterocycles. The Morgan fingerprint density at radius 1 is 1.46 bits per heavy atom. The van der Waals surface area contributed by atoms with E-state index < -0.39 is 30.6 Å². The molecule has 0 aromatic carbocycles. The van der Waals surface area contributed by atoms with E-state index in [0.29, 0.717) is 0 Å². The Labute approximate surface area is 75.9 Å². The minimum atomic E-state index is -1.27. The highest BCUT2D eigenvalue weighted by atomic mass is 16.6. The molecule has 0 bridgehead atoms. The van der Waals surface area contributed by atoms with E-state index in [4.69, 9.17) is 20.3 Å². The Morgan fingerprint density at radius 3 is 2.54 bits per heavy atom. The summed E-state index contributed by atoms with van der Waals surface area (Å²) in [4.78, 5) is 0. The maximum absolute atomic E-state index is 9.51. The Bertz CT molecular complexity index is 165. The zero-order chi connectivity index (χ0) is 10.0. The molecule has 1 fully saturated rings. The third-order valence-electron chi connectivity index (χ3n) is 2.19. The highest BCUT2D eigenvalue weighted by Crippen LogP contribution is 2.20. The van der Waals surface area contributed by atoms with Crippen LogP contribution in [0.15, 0.2) is 0 Å². The maximum Gasteiger partial charge on any atom is 0.173 e. The first kappa shape index (κ1) is 10.8. The molecule has 3 unspecified atom stereocenters. The van der Waals surface area contributed by atoms with Crippen molar-refractivity contribution in [3.63, 3.8) is 0 Å². The van der Waals surface area contributed by atoms with Gasteiger partial charge in [0.1, 0.15) is 18.3 Å². The Hall–Kier alpha value is -0.240. The molecule has 1 heterocycles. The van der Waals surface area contributed by atoms with Gasteiger partial charge in [0.25, 0.3) is 0 Å². The van der Waals surface area contributed by atoms with E-state index in [-0.39, 0.29) is 6.61 Å². The Morgan fingerprint density at radius 2 is 2.08 bits per heavy atom. The van der Waals surface area contributed by atoms with Crippen LogP contribution in [-0.2, 0) is 9.47 Å². The molecule has 1 rings (SSSR count). The normalized spacial score (nSPS) is 46.4. The van der Waals surface area contributed by atoms with E-state index in [0.717, 1.165) is 0 Å². The second-order valence-corrected chi connectivity index (χ2v) is 3.02. The van der Waals surface area contributed by atoms with Gasteiger partial charge in [-0.15, -0.1) is 0 Å². The van der Waals surface area contributed by atoms with E-state index in [1.807, 2.05) is 0 Å². The standard InChI is InChI=1S/C7H15NO5/c1-12-6-3(2-9)13-7(11)4(8)5(6)10/h3-7,9-11H,2,8H2,1H3/t3?,4-,5-,6?,7?/m0/s1. The highest BCUT2D eigenvalue weighted by Gasteiger charge is 2.42. The summed E-state index contributed by atoms with van der Waals surface area (Å²) in [6.07, 6.45) is -3.75. The van der Waals surface area contributed by atoms with Crippen molar-refractivity contribution < 1.29 is 24.8 Å². The van der Waals surface area contributed by atoms with Crippen LogP contribution < -0.4 is 5.73 Å². The smallest absolute Gasteiger partial charge is 0.173 e. The minimum absolute atomic E-state index is 0.334. The number of hydrogen-bond donors (Lipinski definition) is 4. The molecule has 6 nitrogen and oxygen atoms in total. The predicted octanol–water partition coefficient (Wildman–Crippen LogP) is -2.60. The second kappa shape index (κ2) is 4.32. The van der Waals surface area contributed by atoms with E-state index in [1.165, 1.54) is 7.11 Å². The van der Waals surface area contributed by atoms with Gasteiger partial charge in [-0.3, -0.25) is 0 Å². The van der Waals surface area contributed by atoms with Crippen LogP contribution in [0.5, 0.6) is 0 Å². The van der Waals surface area contributed by atoms with Crippen molar-refractivity contribution in [1.29, 1.82) is 0 Å². The van der Waals surface area contributed by atoms with Crippen LogP contribution in [0.4, 0.5) is 0 Å². The fourth-order valence-electron chi connectivity index (χ4n) is 1.39. The molecule has 0 aliphatic carbocycles. The van der Waals surface area contributed by atoms with Gasteiger partial charge in [-0.05, 0) is 0 Å². The van der Waals surface area contributed by atoms with Gasteiger partial charge >= 0.3 is 0 Å². The number of hydrogen-bond acceptors (Lipinski definition) is 6. The quantitative estimate of drug-likeness (QED) is 0.383. The van der Waals surface area contributed by atoms with Crippen LogP contribution in [0.2, 0.25) is 0 Å². The number of aliphatic hydroxyl groups excluding tert-OH is 3. The summed E-state index contributed by atoms with van der Waals surface area (Å²) < 4.78 is 9.82. The van der Waals surface area contributed by atoms with Crippen LogP contribution in [0.3, 0.4) is 0 Å². The predicted molar refractivity (Wildman–Crippen MR) is 42.7 cm³/mol. The van der Waals surface area contributed by atoms with Crippen molar-refractivity contribution in [1.82, 2.24) is 0 Å². The van der Waals surface area contributed by atoms with Gasteiger partial charge in [-0.25, -0.2) is 0 Å². The van der Waals surface area contributed by atoms with E-state index in [2.05, 4.69) is 0 Å². The first-order valence-electron chi connectivity index (χ1n) is 4.02. The van der Waals surface area contributed by atoms with Crippen molar-refractivity contribution >= 4 is 0 Å². The van der Waals surface area contributed by atoms with Gasteiger partial charge in [0.2, 0.25) is 0 Å². The molecule has 1 aliphatic rings. The van der Waals surface area contributed by atoms with E-state index >= 15 is 0 Å².